The maximum Gasteiger partial charge on any atom is 0.257 e. The lowest BCUT2D eigenvalue weighted by Gasteiger charge is -2.11. The highest BCUT2D eigenvalue weighted by Crippen LogP contribution is 2.15. The SMILES string of the molecule is COCCNS(=O)(=O)Cc1cccc(NC(=O)c2ccc(=O)n(-c3ccccc3)c2)c1. The molecule has 8 nitrogen and oxygen atoms in total. The molecule has 31 heavy (non-hydrogen) atoms. The molecule has 2 aromatic carbocycles. The Morgan fingerprint density at radius 1 is 1.03 bits per heavy atom. The number of nitrogens with zero attached hydrogens (tertiary/aromatic N) is 1. The first kappa shape index (κ1) is 22.4. The summed E-state index contributed by atoms with van der Waals surface area (Å²) in [4.78, 5) is 24.9. The van der Waals surface area contributed by atoms with E-state index in [1.807, 2.05) is 6.07 Å². The van der Waals surface area contributed by atoms with Crippen LogP contribution in [-0.4, -0.2) is 39.2 Å². The molecule has 2 N–H and O–H groups in total. The van der Waals surface area contributed by atoms with E-state index in [-0.39, 0.29) is 24.5 Å². The normalized spacial score (nSPS) is 11.3. The van der Waals surface area contributed by atoms with Gasteiger partial charge in [0, 0.05) is 37.3 Å². The number of hydrogen-bond donors (Lipinski definition) is 2. The first-order valence-electron chi connectivity index (χ1n) is 9.53. The molecular formula is C22H23N3O5S. The molecule has 0 saturated carbocycles. The molecule has 1 heterocycles. The van der Waals surface area contributed by atoms with Crippen molar-refractivity contribution in [3.05, 3.63) is 94.4 Å². The number of para-hydroxylation sites is 1. The predicted octanol–water partition coefficient (Wildman–Crippen LogP) is 2.16. The van der Waals surface area contributed by atoms with Crippen molar-refractivity contribution in [1.82, 2.24) is 9.29 Å². The molecule has 9 heteroatoms. The molecule has 0 unspecified atom stereocenters. The van der Waals surface area contributed by atoms with Crippen LogP contribution in [0.15, 0.2) is 77.7 Å². The third kappa shape index (κ3) is 6.35. The summed E-state index contributed by atoms with van der Waals surface area (Å²) in [5.74, 6) is -0.637. The number of anilines is 1. The van der Waals surface area contributed by atoms with E-state index in [4.69, 9.17) is 4.74 Å². The first-order valence-corrected chi connectivity index (χ1v) is 11.2. The lowest BCUT2D eigenvalue weighted by Crippen LogP contribution is -2.28. The van der Waals surface area contributed by atoms with E-state index < -0.39 is 15.9 Å². The van der Waals surface area contributed by atoms with E-state index >= 15 is 0 Å². The van der Waals surface area contributed by atoms with Crippen LogP contribution < -0.4 is 15.6 Å². The summed E-state index contributed by atoms with van der Waals surface area (Å²) in [6.45, 7) is 0.465. The van der Waals surface area contributed by atoms with Crippen LogP contribution in [0.4, 0.5) is 5.69 Å². The zero-order chi connectivity index (χ0) is 22.3. The third-order valence-electron chi connectivity index (χ3n) is 4.38. The number of rotatable bonds is 9. The standard InChI is InChI=1S/C22H23N3O5S/c1-30-13-12-23-31(28,29)16-17-6-5-7-19(14-17)24-22(27)18-10-11-21(26)25(15-18)20-8-3-2-4-9-20/h2-11,14-15,23H,12-13,16H2,1H3,(H,24,27). The van der Waals surface area contributed by atoms with E-state index in [1.165, 1.54) is 30.0 Å². The summed E-state index contributed by atoms with van der Waals surface area (Å²) >= 11 is 0. The van der Waals surface area contributed by atoms with Crippen LogP contribution in [0.5, 0.6) is 0 Å². The van der Waals surface area contributed by atoms with Gasteiger partial charge in [-0.05, 0) is 35.9 Å². The number of hydrogen-bond acceptors (Lipinski definition) is 5. The molecule has 0 spiro atoms. The van der Waals surface area contributed by atoms with Gasteiger partial charge in [-0.25, -0.2) is 13.1 Å². The van der Waals surface area contributed by atoms with Crippen LogP contribution in [0.1, 0.15) is 15.9 Å². The zero-order valence-electron chi connectivity index (χ0n) is 16.9. The average Bonchev–Trinajstić information content (AvgIpc) is 2.74. The van der Waals surface area contributed by atoms with Crippen LogP contribution in [-0.2, 0) is 20.5 Å². The highest BCUT2D eigenvalue weighted by atomic mass is 32.2. The smallest absolute Gasteiger partial charge is 0.257 e. The minimum atomic E-state index is -3.53. The second-order valence-electron chi connectivity index (χ2n) is 6.76. The van der Waals surface area contributed by atoms with Crippen molar-refractivity contribution in [1.29, 1.82) is 0 Å². The lowest BCUT2D eigenvalue weighted by atomic mass is 10.2. The highest BCUT2D eigenvalue weighted by molar-refractivity contribution is 7.88. The number of nitrogens with one attached hydrogen (secondary N) is 2. The van der Waals surface area contributed by atoms with Crippen LogP contribution in [0.2, 0.25) is 0 Å². The summed E-state index contributed by atoms with van der Waals surface area (Å²) in [5, 5.41) is 2.75. The summed E-state index contributed by atoms with van der Waals surface area (Å²) in [6, 6.07) is 18.4. The highest BCUT2D eigenvalue weighted by Gasteiger charge is 2.13. The number of sulfonamides is 1. The minimum absolute atomic E-state index is 0.187. The Morgan fingerprint density at radius 2 is 1.81 bits per heavy atom. The third-order valence-corrected chi connectivity index (χ3v) is 5.73. The van der Waals surface area contributed by atoms with Gasteiger partial charge >= 0.3 is 0 Å². The van der Waals surface area contributed by atoms with Gasteiger partial charge in [-0.15, -0.1) is 0 Å². The fourth-order valence-electron chi connectivity index (χ4n) is 2.92. The van der Waals surface area contributed by atoms with Crippen molar-refractivity contribution in [2.75, 3.05) is 25.6 Å². The zero-order valence-corrected chi connectivity index (χ0v) is 17.8. The molecule has 3 aromatic rings. The molecule has 162 valence electrons. The maximum absolute atomic E-state index is 12.7. The molecule has 3 rings (SSSR count). The Kier molecular flexibility index (Phi) is 7.35. The monoisotopic (exact) mass is 441 g/mol. The van der Waals surface area contributed by atoms with Crippen molar-refractivity contribution in [2.45, 2.75) is 5.75 Å². The fourth-order valence-corrected chi connectivity index (χ4v) is 4.04. The van der Waals surface area contributed by atoms with Gasteiger partial charge in [0.05, 0.1) is 17.9 Å². The van der Waals surface area contributed by atoms with E-state index in [2.05, 4.69) is 10.0 Å². The van der Waals surface area contributed by atoms with E-state index in [0.29, 0.717) is 22.5 Å². The van der Waals surface area contributed by atoms with Gasteiger partial charge in [0.1, 0.15) is 0 Å². The Hall–Kier alpha value is -3.27. The molecule has 0 fully saturated rings. The van der Waals surface area contributed by atoms with Crippen LogP contribution >= 0.6 is 0 Å². The Balaban J connectivity index is 1.74. The number of amides is 1. The largest absolute Gasteiger partial charge is 0.383 e. The van der Waals surface area contributed by atoms with Crippen molar-refractivity contribution in [2.24, 2.45) is 0 Å². The van der Waals surface area contributed by atoms with Crippen LogP contribution in [0.3, 0.4) is 0 Å². The topological polar surface area (TPSA) is 106 Å². The molecule has 0 atom stereocenters. The van der Waals surface area contributed by atoms with Crippen molar-refractivity contribution < 1.29 is 17.9 Å². The predicted molar refractivity (Wildman–Crippen MR) is 119 cm³/mol. The molecule has 0 bridgehead atoms. The number of aromatic nitrogens is 1. The number of pyridine rings is 1. The van der Waals surface area contributed by atoms with E-state index in [0.717, 1.165) is 0 Å². The van der Waals surface area contributed by atoms with Gasteiger partial charge in [-0.1, -0.05) is 30.3 Å². The number of benzene rings is 2. The molecule has 0 radical (unpaired) electrons. The molecule has 0 aliphatic rings. The van der Waals surface area contributed by atoms with Gasteiger partial charge in [0.25, 0.3) is 11.5 Å². The molecule has 0 aliphatic heterocycles. The number of methoxy groups -OCH3 is 1. The summed E-state index contributed by atoms with van der Waals surface area (Å²) in [5.41, 5.74) is 1.66. The van der Waals surface area contributed by atoms with Crippen LogP contribution in [0, 0.1) is 0 Å². The summed E-state index contributed by atoms with van der Waals surface area (Å²) in [7, 11) is -2.03. The lowest BCUT2D eigenvalue weighted by molar-refractivity contribution is 0.102. The number of carbonyl (C=O) groups excluding carboxylic acids is 1. The number of carbonyl (C=O) groups is 1. The van der Waals surface area contributed by atoms with E-state index in [1.54, 1.807) is 48.5 Å². The molecular weight excluding hydrogens is 418 g/mol. The fraction of sp³-hybridized carbons (Fsp3) is 0.182. The maximum atomic E-state index is 12.7. The summed E-state index contributed by atoms with van der Waals surface area (Å²) < 4.78 is 33.0. The molecule has 1 amide bonds. The Bertz CT molecular complexity index is 1210. The minimum Gasteiger partial charge on any atom is -0.383 e. The second-order valence-corrected chi connectivity index (χ2v) is 8.57. The van der Waals surface area contributed by atoms with Gasteiger partial charge in [0.2, 0.25) is 10.0 Å². The molecule has 0 saturated heterocycles. The summed E-state index contributed by atoms with van der Waals surface area (Å²) in [6.07, 6.45) is 1.47. The van der Waals surface area contributed by atoms with Gasteiger partial charge in [0.15, 0.2) is 0 Å². The second kappa shape index (κ2) is 10.2. The van der Waals surface area contributed by atoms with E-state index in [9.17, 15) is 18.0 Å². The van der Waals surface area contributed by atoms with Crippen LogP contribution in [0.25, 0.3) is 5.69 Å². The Morgan fingerprint density at radius 3 is 2.55 bits per heavy atom. The number of ether oxygens (including phenoxy) is 1. The molecule has 0 aliphatic carbocycles. The quantitative estimate of drug-likeness (QED) is 0.495. The van der Waals surface area contributed by atoms with Crippen molar-refractivity contribution >= 4 is 21.6 Å². The molecule has 1 aromatic heterocycles. The first-order chi connectivity index (χ1) is 14.9. The van der Waals surface area contributed by atoms with Gasteiger partial charge in [-0.3, -0.25) is 14.2 Å². The van der Waals surface area contributed by atoms with Crippen molar-refractivity contribution in [3.8, 4) is 5.69 Å². The van der Waals surface area contributed by atoms with Crippen molar-refractivity contribution in [3.63, 3.8) is 0 Å². The van der Waals surface area contributed by atoms with Gasteiger partial charge in [-0.2, -0.15) is 0 Å². The Labute approximate surface area is 180 Å². The van der Waals surface area contributed by atoms with Gasteiger partial charge < -0.3 is 10.1 Å². The average molecular weight is 442 g/mol.